The third kappa shape index (κ3) is 3.96. The molecule has 0 aliphatic carbocycles. The van der Waals surface area contributed by atoms with Crippen LogP contribution in [0.5, 0.6) is 0 Å². The largest absolute Gasteiger partial charge is 0.276 e. The van der Waals surface area contributed by atoms with Crippen molar-refractivity contribution in [3.05, 3.63) is 76.1 Å². The summed E-state index contributed by atoms with van der Waals surface area (Å²) in [4.78, 5) is -0.0763. The van der Waals surface area contributed by atoms with E-state index in [-0.39, 0.29) is 27.7 Å². The third-order valence-electron chi connectivity index (χ3n) is 4.11. The summed E-state index contributed by atoms with van der Waals surface area (Å²) in [6, 6.07) is 8.85. The van der Waals surface area contributed by atoms with E-state index in [0.717, 1.165) is 12.1 Å². The Balaban J connectivity index is 1.93. The molecule has 0 saturated heterocycles. The molecule has 0 bridgehead atoms. The number of halogens is 3. The fourth-order valence-corrected chi connectivity index (χ4v) is 4.04. The number of aryl methyl sites for hydroxylation is 1. The first-order valence-corrected chi connectivity index (χ1v) is 9.80. The first-order chi connectivity index (χ1) is 12.7. The molecule has 5 nitrogen and oxygen atoms in total. The minimum atomic E-state index is -3.92. The number of rotatable bonds is 5. The van der Waals surface area contributed by atoms with Gasteiger partial charge in [-0.2, -0.15) is 5.10 Å². The molecule has 2 aromatic carbocycles. The van der Waals surface area contributed by atoms with Gasteiger partial charge in [-0.05, 0) is 50.2 Å². The van der Waals surface area contributed by atoms with Gasteiger partial charge in [-0.3, -0.25) is 9.40 Å². The number of anilines is 1. The van der Waals surface area contributed by atoms with Crippen LogP contribution in [-0.2, 0) is 16.6 Å². The predicted molar refractivity (Wildman–Crippen MR) is 99.4 cm³/mol. The maximum Gasteiger partial charge on any atom is 0.262 e. The van der Waals surface area contributed by atoms with Gasteiger partial charge < -0.3 is 0 Å². The van der Waals surface area contributed by atoms with E-state index in [1.165, 1.54) is 28.9 Å². The summed E-state index contributed by atoms with van der Waals surface area (Å²) in [6.07, 6.45) is 0. The summed E-state index contributed by atoms with van der Waals surface area (Å²) < 4.78 is 56.1. The van der Waals surface area contributed by atoms with Crippen molar-refractivity contribution in [2.45, 2.75) is 25.3 Å². The van der Waals surface area contributed by atoms with Crippen LogP contribution in [0.25, 0.3) is 0 Å². The molecule has 1 aromatic heterocycles. The fraction of sp³-hybridized carbons (Fsp3) is 0.167. The van der Waals surface area contributed by atoms with Crippen LogP contribution in [-0.4, -0.2) is 18.2 Å². The molecular formula is C18H16ClF2N3O2S. The molecule has 0 spiro atoms. The highest BCUT2D eigenvalue weighted by Crippen LogP contribution is 2.26. The van der Waals surface area contributed by atoms with E-state index in [2.05, 4.69) is 9.82 Å². The fourth-order valence-electron chi connectivity index (χ4n) is 2.64. The van der Waals surface area contributed by atoms with Gasteiger partial charge in [-0.1, -0.05) is 17.7 Å². The number of hydrogen-bond donors (Lipinski definition) is 1. The van der Waals surface area contributed by atoms with Crippen molar-refractivity contribution < 1.29 is 17.2 Å². The Hall–Kier alpha value is -2.45. The standard InChI is InChI=1S/C18H16ClF2N3O2S/c1-11-18(23-27(25,26)14-8-6-13(20)7-9-14)12(2)24(22-11)10-15-16(19)4-3-5-17(15)21/h3-9,23H,10H2,1-2H3. The number of nitrogens with zero attached hydrogens (tertiary/aromatic N) is 2. The number of hydrogen-bond acceptors (Lipinski definition) is 3. The second-order valence-corrected chi connectivity index (χ2v) is 8.05. The minimum Gasteiger partial charge on any atom is -0.276 e. The first-order valence-electron chi connectivity index (χ1n) is 7.94. The Labute approximate surface area is 160 Å². The van der Waals surface area contributed by atoms with Gasteiger partial charge in [0.15, 0.2) is 0 Å². The zero-order valence-corrected chi connectivity index (χ0v) is 16.1. The van der Waals surface area contributed by atoms with Crippen molar-refractivity contribution in [1.29, 1.82) is 0 Å². The van der Waals surface area contributed by atoms with Crippen LogP contribution in [0, 0.1) is 25.5 Å². The van der Waals surface area contributed by atoms with E-state index < -0.39 is 21.7 Å². The number of nitrogens with one attached hydrogen (secondary N) is 1. The molecule has 9 heteroatoms. The highest BCUT2D eigenvalue weighted by atomic mass is 35.5. The summed E-state index contributed by atoms with van der Waals surface area (Å²) >= 11 is 6.05. The number of benzene rings is 2. The molecule has 0 aliphatic rings. The Morgan fingerprint density at radius 2 is 1.78 bits per heavy atom. The molecule has 27 heavy (non-hydrogen) atoms. The normalized spacial score (nSPS) is 11.6. The van der Waals surface area contributed by atoms with Crippen molar-refractivity contribution >= 4 is 27.3 Å². The average molecular weight is 412 g/mol. The van der Waals surface area contributed by atoms with Crippen LogP contribution in [0.2, 0.25) is 5.02 Å². The molecule has 1 N–H and O–H groups in total. The van der Waals surface area contributed by atoms with Crippen molar-refractivity contribution in [2.24, 2.45) is 0 Å². The number of sulfonamides is 1. The molecule has 0 amide bonds. The third-order valence-corrected chi connectivity index (χ3v) is 5.83. The summed E-state index contributed by atoms with van der Waals surface area (Å²) in [5, 5.41) is 4.54. The quantitative estimate of drug-likeness (QED) is 0.681. The summed E-state index contributed by atoms with van der Waals surface area (Å²) in [7, 11) is -3.92. The van der Waals surface area contributed by atoms with E-state index in [9.17, 15) is 17.2 Å². The van der Waals surface area contributed by atoms with Gasteiger partial charge in [-0.15, -0.1) is 0 Å². The summed E-state index contributed by atoms with van der Waals surface area (Å²) in [5.41, 5.74) is 1.47. The highest BCUT2D eigenvalue weighted by molar-refractivity contribution is 7.92. The van der Waals surface area contributed by atoms with Crippen LogP contribution in [0.15, 0.2) is 47.4 Å². The SMILES string of the molecule is Cc1nn(Cc2c(F)cccc2Cl)c(C)c1NS(=O)(=O)c1ccc(F)cc1. The van der Waals surface area contributed by atoms with Gasteiger partial charge >= 0.3 is 0 Å². The lowest BCUT2D eigenvalue weighted by atomic mass is 10.2. The summed E-state index contributed by atoms with van der Waals surface area (Å²) in [6.45, 7) is 3.35. The number of aromatic nitrogens is 2. The first kappa shape index (κ1) is 19.3. The lowest BCUT2D eigenvalue weighted by molar-refractivity contribution is 0.579. The van der Waals surface area contributed by atoms with Crippen LogP contribution in [0.3, 0.4) is 0 Å². The van der Waals surface area contributed by atoms with Crippen LogP contribution in [0.1, 0.15) is 17.0 Å². The average Bonchev–Trinajstić information content (AvgIpc) is 2.86. The molecule has 142 valence electrons. The van der Waals surface area contributed by atoms with E-state index in [1.807, 2.05) is 0 Å². The molecule has 0 atom stereocenters. The van der Waals surface area contributed by atoms with Gasteiger partial charge in [0.05, 0.1) is 28.5 Å². The van der Waals surface area contributed by atoms with Gasteiger partial charge in [0.25, 0.3) is 10.0 Å². The molecule has 3 rings (SSSR count). The zero-order chi connectivity index (χ0) is 19.8. The topological polar surface area (TPSA) is 64.0 Å². The molecule has 0 saturated carbocycles. The molecule has 0 fully saturated rings. The van der Waals surface area contributed by atoms with E-state index in [4.69, 9.17) is 11.6 Å². The van der Waals surface area contributed by atoms with Gasteiger partial charge in [-0.25, -0.2) is 17.2 Å². The zero-order valence-electron chi connectivity index (χ0n) is 14.5. The Bertz CT molecular complexity index is 1080. The second kappa shape index (κ2) is 7.28. The highest BCUT2D eigenvalue weighted by Gasteiger charge is 2.21. The minimum absolute atomic E-state index is 0.0520. The Kier molecular flexibility index (Phi) is 5.21. The van der Waals surface area contributed by atoms with Crippen molar-refractivity contribution in [1.82, 2.24) is 9.78 Å². The Morgan fingerprint density at radius 3 is 2.41 bits per heavy atom. The smallest absolute Gasteiger partial charge is 0.262 e. The Morgan fingerprint density at radius 1 is 1.11 bits per heavy atom. The molecule has 3 aromatic rings. The monoisotopic (exact) mass is 411 g/mol. The van der Waals surface area contributed by atoms with E-state index in [0.29, 0.717) is 11.4 Å². The lowest BCUT2D eigenvalue weighted by Crippen LogP contribution is -2.14. The molecule has 0 unspecified atom stereocenters. The van der Waals surface area contributed by atoms with Crippen LogP contribution in [0.4, 0.5) is 14.5 Å². The van der Waals surface area contributed by atoms with E-state index in [1.54, 1.807) is 19.9 Å². The van der Waals surface area contributed by atoms with Crippen molar-refractivity contribution in [2.75, 3.05) is 4.72 Å². The summed E-state index contributed by atoms with van der Waals surface area (Å²) in [5.74, 6) is -1.00. The molecule has 1 heterocycles. The van der Waals surface area contributed by atoms with Crippen LogP contribution < -0.4 is 4.72 Å². The maximum atomic E-state index is 14.0. The van der Waals surface area contributed by atoms with Gasteiger partial charge in [0, 0.05) is 10.6 Å². The van der Waals surface area contributed by atoms with Crippen molar-refractivity contribution in [3.8, 4) is 0 Å². The van der Waals surface area contributed by atoms with Gasteiger partial charge in [0.2, 0.25) is 0 Å². The lowest BCUT2D eigenvalue weighted by Gasteiger charge is -2.10. The van der Waals surface area contributed by atoms with E-state index >= 15 is 0 Å². The molecular weight excluding hydrogens is 396 g/mol. The van der Waals surface area contributed by atoms with Crippen LogP contribution >= 0.6 is 11.6 Å². The second-order valence-electron chi connectivity index (χ2n) is 5.96. The molecule has 0 radical (unpaired) electrons. The van der Waals surface area contributed by atoms with Gasteiger partial charge in [0.1, 0.15) is 11.6 Å². The predicted octanol–water partition coefficient (Wildman–Crippen LogP) is 4.28. The molecule has 0 aliphatic heterocycles. The van der Waals surface area contributed by atoms with Crippen molar-refractivity contribution in [3.63, 3.8) is 0 Å². The maximum absolute atomic E-state index is 14.0.